The molecule has 2 aliphatic rings. The predicted molar refractivity (Wildman–Crippen MR) is 112 cm³/mol. The van der Waals surface area contributed by atoms with Crippen molar-refractivity contribution in [2.45, 2.75) is 32.7 Å². The lowest BCUT2D eigenvalue weighted by Gasteiger charge is -2.29. The van der Waals surface area contributed by atoms with E-state index >= 15 is 0 Å². The summed E-state index contributed by atoms with van der Waals surface area (Å²) in [5.74, 6) is 1.24. The van der Waals surface area contributed by atoms with Crippen molar-refractivity contribution in [2.75, 3.05) is 13.3 Å². The molecule has 156 valence electrons. The third-order valence-electron chi connectivity index (χ3n) is 5.20. The smallest absolute Gasteiger partial charge is 0.244 e. The lowest BCUT2D eigenvalue weighted by Crippen LogP contribution is -2.45. The van der Waals surface area contributed by atoms with Crippen molar-refractivity contribution < 1.29 is 19.1 Å². The SMILES string of the molecule is CCc1ccc(C2=CCC(=O)N(CCC(=O)NCc3ccc4c(c3)OCO4)N2)cc1. The average molecular weight is 407 g/mol. The fourth-order valence-electron chi connectivity index (χ4n) is 3.39. The molecule has 2 aromatic carbocycles. The molecule has 2 N–H and O–H groups in total. The molecule has 0 aromatic heterocycles. The number of rotatable bonds is 7. The maximum atomic E-state index is 12.3. The van der Waals surface area contributed by atoms with E-state index < -0.39 is 0 Å². The minimum atomic E-state index is -0.120. The van der Waals surface area contributed by atoms with Crippen LogP contribution in [-0.4, -0.2) is 30.2 Å². The van der Waals surface area contributed by atoms with Gasteiger partial charge in [-0.25, -0.2) is 0 Å². The van der Waals surface area contributed by atoms with Crippen molar-refractivity contribution in [1.82, 2.24) is 15.8 Å². The van der Waals surface area contributed by atoms with Gasteiger partial charge in [-0.05, 0) is 41.3 Å². The number of benzene rings is 2. The molecule has 4 rings (SSSR count). The van der Waals surface area contributed by atoms with Gasteiger partial charge in [0.25, 0.3) is 0 Å². The van der Waals surface area contributed by atoms with Crippen LogP contribution in [0.25, 0.3) is 5.70 Å². The monoisotopic (exact) mass is 407 g/mol. The van der Waals surface area contributed by atoms with Crippen LogP contribution in [0, 0.1) is 0 Å². The lowest BCUT2D eigenvalue weighted by atomic mass is 10.1. The van der Waals surface area contributed by atoms with Gasteiger partial charge in [-0.2, -0.15) is 0 Å². The number of fused-ring (bicyclic) bond motifs is 1. The third-order valence-corrected chi connectivity index (χ3v) is 5.20. The highest BCUT2D eigenvalue weighted by molar-refractivity contribution is 5.84. The van der Waals surface area contributed by atoms with Gasteiger partial charge >= 0.3 is 0 Å². The summed E-state index contributed by atoms with van der Waals surface area (Å²) in [6, 6.07) is 13.8. The number of hydrogen-bond acceptors (Lipinski definition) is 5. The topological polar surface area (TPSA) is 79.9 Å². The number of nitrogens with one attached hydrogen (secondary N) is 2. The maximum Gasteiger partial charge on any atom is 0.244 e. The summed E-state index contributed by atoms with van der Waals surface area (Å²) in [7, 11) is 0. The van der Waals surface area contributed by atoms with Crippen molar-refractivity contribution in [2.24, 2.45) is 0 Å². The molecule has 2 amide bonds. The quantitative estimate of drug-likeness (QED) is 0.738. The average Bonchev–Trinajstić information content (AvgIpc) is 3.25. The second-order valence-corrected chi connectivity index (χ2v) is 7.24. The van der Waals surface area contributed by atoms with Crippen LogP contribution in [0.3, 0.4) is 0 Å². The molecule has 0 unspecified atom stereocenters. The fraction of sp³-hybridized carbons (Fsp3) is 0.304. The van der Waals surface area contributed by atoms with Gasteiger partial charge in [0, 0.05) is 19.4 Å². The first kappa shape index (κ1) is 19.8. The van der Waals surface area contributed by atoms with Gasteiger partial charge in [0.2, 0.25) is 18.6 Å². The zero-order valence-electron chi connectivity index (χ0n) is 16.9. The maximum absolute atomic E-state index is 12.3. The molecule has 0 saturated carbocycles. The Hall–Kier alpha value is -3.48. The standard InChI is InChI=1S/C23H25N3O4/c1-2-16-3-6-18(7-4-16)19-8-10-23(28)26(25-19)12-11-22(27)24-14-17-5-9-20-21(13-17)30-15-29-20/h3-9,13,25H,2,10-12,14-15H2,1H3,(H,24,27). The summed E-state index contributed by atoms with van der Waals surface area (Å²) in [4.78, 5) is 24.5. The number of carbonyl (C=O) groups is 2. The van der Waals surface area contributed by atoms with Crippen LogP contribution in [-0.2, 0) is 22.6 Å². The van der Waals surface area contributed by atoms with Crippen LogP contribution < -0.4 is 20.2 Å². The van der Waals surface area contributed by atoms with E-state index in [9.17, 15) is 9.59 Å². The van der Waals surface area contributed by atoms with Crippen molar-refractivity contribution in [3.05, 3.63) is 65.2 Å². The van der Waals surface area contributed by atoms with Gasteiger partial charge in [-0.15, -0.1) is 0 Å². The lowest BCUT2D eigenvalue weighted by molar-refractivity contribution is -0.133. The zero-order valence-corrected chi connectivity index (χ0v) is 16.9. The Morgan fingerprint density at radius 2 is 1.87 bits per heavy atom. The van der Waals surface area contributed by atoms with E-state index in [0.717, 1.165) is 23.2 Å². The number of nitrogens with zero attached hydrogens (tertiary/aromatic N) is 1. The molecule has 7 heteroatoms. The summed E-state index contributed by atoms with van der Waals surface area (Å²) in [5, 5.41) is 4.40. The number of amides is 2. The van der Waals surface area contributed by atoms with Crippen LogP contribution in [0.2, 0.25) is 0 Å². The highest BCUT2D eigenvalue weighted by Crippen LogP contribution is 2.32. The summed E-state index contributed by atoms with van der Waals surface area (Å²) in [6.45, 7) is 3.04. The fourth-order valence-corrected chi connectivity index (χ4v) is 3.39. The minimum Gasteiger partial charge on any atom is -0.454 e. The van der Waals surface area contributed by atoms with E-state index in [-0.39, 0.29) is 25.0 Å². The Kier molecular flexibility index (Phi) is 5.88. The molecule has 7 nitrogen and oxygen atoms in total. The molecule has 0 radical (unpaired) electrons. The number of hydrogen-bond donors (Lipinski definition) is 2. The third kappa shape index (κ3) is 4.56. The number of aryl methyl sites for hydroxylation is 1. The van der Waals surface area contributed by atoms with E-state index in [1.807, 2.05) is 36.4 Å². The molecule has 2 aliphatic heterocycles. The second-order valence-electron chi connectivity index (χ2n) is 7.24. The predicted octanol–water partition coefficient (Wildman–Crippen LogP) is 2.76. The van der Waals surface area contributed by atoms with Gasteiger partial charge < -0.3 is 14.8 Å². The summed E-state index contributed by atoms with van der Waals surface area (Å²) in [5.41, 5.74) is 7.26. The molecule has 30 heavy (non-hydrogen) atoms. The Morgan fingerprint density at radius 3 is 2.67 bits per heavy atom. The number of hydrazine groups is 1. The highest BCUT2D eigenvalue weighted by atomic mass is 16.7. The number of carbonyl (C=O) groups excluding carboxylic acids is 2. The molecular weight excluding hydrogens is 382 g/mol. The van der Waals surface area contributed by atoms with Crippen molar-refractivity contribution in [1.29, 1.82) is 0 Å². The Morgan fingerprint density at radius 1 is 1.10 bits per heavy atom. The van der Waals surface area contributed by atoms with Gasteiger partial charge in [0.15, 0.2) is 11.5 Å². The molecule has 0 spiro atoms. The van der Waals surface area contributed by atoms with E-state index in [2.05, 4.69) is 29.8 Å². The Labute approximate surface area is 175 Å². The Balaban J connectivity index is 1.27. The van der Waals surface area contributed by atoms with Gasteiger partial charge in [-0.1, -0.05) is 37.3 Å². The summed E-state index contributed by atoms with van der Waals surface area (Å²) >= 11 is 0. The van der Waals surface area contributed by atoms with E-state index in [4.69, 9.17) is 9.47 Å². The van der Waals surface area contributed by atoms with Crippen molar-refractivity contribution in [3.63, 3.8) is 0 Å². The molecule has 0 bridgehead atoms. The molecule has 0 saturated heterocycles. The Bertz CT molecular complexity index is 969. The van der Waals surface area contributed by atoms with Crippen LogP contribution >= 0.6 is 0 Å². The van der Waals surface area contributed by atoms with Crippen LogP contribution in [0.15, 0.2) is 48.5 Å². The normalized spacial score (nSPS) is 14.9. The van der Waals surface area contributed by atoms with Gasteiger partial charge in [-0.3, -0.25) is 20.0 Å². The molecule has 2 aromatic rings. The molecular formula is C23H25N3O4. The summed E-state index contributed by atoms with van der Waals surface area (Å²) < 4.78 is 10.6. The summed E-state index contributed by atoms with van der Waals surface area (Å²) in [6.07, 6.45) is 3.40. The van der Waals surface area contributed by atoms with Crippen LogP contribution in [0.4, 0.5) is 0 Å². The molecule has 0 aliphatic carbocycles. The van der Waals surface area contributed by atoms with Crippen LogP contribution in [0.5, 0.6) is 11.5 Å². The zero-order chi connectivity index (χ0) is 20.9. The van der Waals surface area contributed by atoms with E-state index in [1.165, 1.54) is 10.6 Å². The first-order chi connectivity index (χ1) is 14.6. The van der Waals surface area contributed by atoms with Crippen molar-refractivity contribution >= 4 is 17.5 Å². The van der Waals surface area contributed by atoms with E-state index in [1.54, 1.807) is 0 Å². The van der Waals surface area contributed by atoms with Gasteiger partial charge in [0.05, 0.1) is 12.2 Å². The highest BCUT2D eigenvalue weighted by Gasteiger charge is 2.20. The minimum absolute atomic E-state index is 0.0486. The molecule has 0 atom stereocenters. The first-order valence-corrected chi connectivity index (χ1v) is 10.1. The molecule has 2 heterocycles. The largest absolute Gasteiger partial charge is 0.454 e. The second kappa shape index (κ2) is 8.90. The van der Waals surface area contributed by atoms with E-state index in [0.29, 0.717) is 31.0 Å². The van der Waals surface area contributed by atoms with Crippen molar-refractivity contribution in [3.8, 4) is 11.5 Å². The molecule has 0 fully saturated rings. The van der Waals surface area contributed by atoms with Gasteiger partial charge in [0.1, 0.15) is 0 Å². The number of ether oxygens (including phenoxy) is 2. The first-order valence-electron chi connectivity index (χ1n) is 10.1. The van der Waals surface area contributed by atoms with Crippen LogP contribution in [0.1, 0.15) is 36.5 Å².